The largest absolute Gasteiger partial charge is 0.272 e. The van der Waals surface area contributed by atoms with Gasteiger partial charge in [-0.15, -0.1) is 11.8 Å². The van der Waals surface area contributed by atoms with Gasteiger partial charge in [0.05, 0.1) is 5.75 Å². The van der Waals surface area contributed by atoms with E-state index in [4.69, 9.17) is 11.6 Å². The summed E-state index contributed by atoms with van der Waals surface area (Å²) in [5.74, 6) is -0.403. The second-order valence-corrected chi connectivity index (χ2v) is 6.05. The van der Waals surface area contributed by atoms with Gasteiger partial charge in [0.25, 0.3) is 5.91 Å². The highest BCUT2D eigenvalue weighted by Gasteiger charge is 2.09. The Hall–Kier alpha value is -1.98. The van der Waals surface area contributed by atoms with Gasteiger partial charge in [-0.3, -0.25) is 20.4 Å². The van der Waals surface area contributed by atoms with Gasteiger partial charge in [-0.25, -0.2) is 0 Å². The first-order chi connectivity index (χ1) is 10.6. The minimum absolute atomic E-state index is 0.204. The smallest absolute Gasteiger partial charge is 0.269 e. The highest BCUT2D eigenvalue weighted by atomic mass is 35.5. The standard InChI is InChI=1S/C16H15ClN2O2S/c1-11-4-2-3-5-14(11)16(21)19-18-15(20)10-22-13-8-6-12(17)7-9-13/h2-9H,10H2,1H3,(H,18,20)(H,19,21). The third kappa shape index (κ3) is 4.79. The molecule has 0 aliphatic rings. The van der Waals surface area contributed by atoms with Crippen molar-refractivity contribution in [1.82, 2.24) is 10.9 Å². The van der Waals surface area contributed by atoms with Crippen LogP contribution < -0.4 is 10.9 Å². The Bertz CT molecular complexity index is 674. The van der Waals surface area contributed by atoms with Gasteiger partial charge in [-0.05, 0) is 42.8 Å². The zero-order chi connectivity index (χ0) is 15.9. The molecule has 0 aliphatic carbocycles. The Morgan fingerprint density at radius 2 is 1.73 bits per heavy atom. The lowest BCUT2D eigenvalue weighted by molar-refractivity contribution is -0.119. The minimum Gasteiger partial charge on any atom is -0.272 e. The fourth-order valence-electron chi connectivity index (χ4n) is 1.74. The number of halogens is 1. The van der Waals surface area contributed by atoms with Gasteiger partial charge in [0, 0.05) is 15.5 Å². The molecule has 2 aromatic rings. The number of hydrogen-bond acceptors (Lipinski definition) is 3. The summed E-state index contributed by atoms with van der Waals surface area (Å²) in [5.41, 5.74) is 6.20. The summed E-state index contributed by atoms with van der Waals surface area (Å²) in [5, 5.41) is 0.652. The molecule has 0 radical (unpaired) electrons. The summed E-state index contributed by atoms with van der Waals surface area (Å²) < 4.78 is 0. The maximum atomic E-state index is 11.9. The fourth-order valence-corrected chi connectivity index (χ4v) is 2.56. The number of hydrogen-bond donors (Lipinski definition) is 2. The molecule has 2 N–H and O–H groups in total. The van der Waals surface area contributed by atoms with Gasteiger partial charge in [0.2, 0.25) is 5.91 Å². The van der Waals surface area contributed by atoms with Crippen molar-refractivity contribution >= 4 is 35.2 Å². The van der Waals surface area contributed by atoms with Crippen LogP contribution in [0.3, 0.4) is 0 Å². The van der Waals surface area contributed by atoms with E-state index in [0.29, 0.717) is 10.6 Å². The summed E-state index contributed by atoms with van der Waals surface area (Å²) in [6.45, 7) is 1.84. The highest BCUT2D eigenvalue weighted by molar-refractivity contribution is 8.00. The van der Waals surface area contributed by atoms with Gasteiger partial charge in [-0.2, -0.15) is 0 Å². The van der Waals surface area contributed by atoms with E-state index in [2.05, 4.69) is 10.9 Å². The van der Waals surface area contributed by atoms with Gasteiger partial charge in [0.1, 0.15) is 0 Å². The van der Waals surface area contributed by atoms with E-state index in [1.54, 1.807) is 24.3 Å². The van der Waals surface area contributed by atoms with E-state index in [9.17, 15) is 9.59 Å². The lowest BCUT2D eigenvalue weighted by atomic mass is 10.1. The summed E-state index contributed by atoms with van der Waals surface area (Å²) in [6, 6.07) is 14.4. The monoisotopic (exact) mass is 334 g/mol. The molecule has 6 heteroatoms. The summed E-state index contributed by atoms with van der Waals surface area (Å²) in [7, 11) is 0. The quantitative estimate of drug-likeness (QED) is 0.667. The van der Waals surface area contributed by atoms with Crippen LogP contribution >= 0.6 is 23.4 Å². The number of amides is 2. The third-order valence-electron chi connectivity index (χ3n) is 2.89. The van der Waals surface area contributed by atoms with Crippen LogP contribution in [-0.4, -0.2) is 17.6 Å². The van der Waals surface area contributed by atoms with Crippen LogP contribution in [0, 0.1) is 6.92 Å². The Morgan fingerprint density at radius 3 is 2.41 bits per heavy atom. The van der Waals surface area contributed by atoms with Crippen LogP contribution in [0.5, 0.6) is 0 Å². The normalized spacial score (nSPS) is 10.1. The van der Waals surface area contributed by atoms with E-state index in [1.165, 1.54) is 11.8 Å². The number of carbonyl (C=O) groups excluding carboxylic acids is 2. The van der Waals surface area contributed by atoms with Crippen LogP contribution in [-0.2, 0) is 4.79 Å². The van der Waals surface area contributed by atoms with Crippen molar-refractivity contribution in [1.29, 1.82) is 0 Å². The second kappa shape index (κ2) is 7.87. The molecule has 0 aromatic heterocycles. The van der Waals surface area contributed by atoms with Crippen molar-refractivity contribution < 1.29 is 9.59 Å². The van der Waals surface area contributed by atoms with Crippen LogP contribution in [0.15, 0.2) is 53.4 Å². The number of hydrazine groups is 1. The second-order valence-electron chi connectivity index (χ2n) is 4.56. The number of thioether (sulfide) groups is 1. The minimum atomic E-state index is -0.331. The maximum absolute atomic E-state index is 11.9. The molecule has 0 saturated carbocycles. The number of carbonyl (C=O) groups is 2. The highest BCUT2D eigenvalue weighted by Crippen LogP contribution is 2.19. The molecule has 0 heterocycles. The molecule has 114 valence electrons. The van der Waals surface area contributed by atoms with Crippen molar-refractivity contribution in [2.24, 2.45) is 0 Å². The summed E-state index contributed by atoms with van der Waals surface area (Å²) >= 11 is 7.16. The summed E-state index contributed by atoms with van der Waals surface area (Å²) in [6.07, 6.45) is 0. The van der Waals surface area contributed by atoms with Gasteiger partial charge < -0.3 is 0 Å². The van der Waals surface area contributed by atoms with Crippen molar-refractivity contribution in [2.45, 2.75) is 11.8 Å². The van der Waals surface area contributed by atoms with Gasteiger partial charge in [0.15, 0.2) is 0 Å². The Labute approximate surface area is 138 Å². The molecule has 2 amide bonds. The average molecular weight is 335 g/mol. The van der Waals surface area contributed by atoms with E-state index >= 15 is 0 Å². The molecular formula is C16H15ClN2O2S. The van der Waals surface area contributed by atoms with Crippen molar-refractivity contribution in [3.8, 4) is 0 Å². The molecule has 0 fully saturated rings. The summed E-state index contributed by atoms with van der Waals surface area (Å²) in [4.78, 5) is 24.6. The molecule has 0 aliphatic heterocycles. The number of nitrogens with one attached hydrogen (secondary N) is 2. The molecular weight excluding hydrogens is 320 g/mol. The molecule has 0 saturated heterocycles. The molecule has 22 heavy (non-hydrogen) atoms. The predicted molar refractivity (Wildman–Crippen MR) is 89.0 cm³/mol. The Morgan fingerprint density at radius 1 is 1.05 bits per heavy atom. The predicted octanol–water partition coefficient (Wildman–Crippen LogP) is 3.20. The maximum Gasteiger partial charge on any atom is 0.269 e. The third-order valence-corrected chi connectivity index (χ3v) is 4.15. The number of aryl methyl sites for hydroxylation is 1. The van der Waals surface area contributed by atoms with Crippen LogP contribution in [0.1, 0.15) is 15.9 Å². The lowest BCUT2D eigenvalue weighted by Gasteiger charge is -2.09. The zero-order valence-electron chi connectivity index (χ0n) is 11.9. The zero-order valence-corrected chi connectivity index (χ0v) is 13.5. The molecule has 4 nitrogen and oxygen atoms in total. The SMILES string of the molecule is Cc1ccccc1C(=O)NNC(=O)CSc1ccc(Cl)cc1. The Kier molecular flexibility index (Phi) is 5.86. The van der Waals surface area contributed by atoms with Crippen LogP contribution in [0.25, 0.3) is 0 Å². The average Bonchev–Trinajstić information content (AvgIpc) is 2.52. The van der Waals surface area contributed by atoms with Gasteiger partial charge in [-0.1, -0.05) is 29.8 Å². The molecule has 0 atom stereocenters. The fraction of sp³-hybridized carbons (Fsp3) is 0.125. The Balaban J connectivity index is 1.79. The molecule has 2 aromatic carbocycles. The van der Waals surface area contributed by atoms with E-state index < -0.39 is 0 Å². The van der Waals surface area contributed by atoms with Crippen LogP contribution in [0.4, 0.5) is 0 Å². The molecule has 0 bridgehead atoms. The first-order valence-electron chi connectivity index (χ1n) is 6.59. The molecule has 0 unspecified atom stereocenters. The topological polar surface area (TPSA) is 58.2 Å². The van der Waals surface area contributed by atoms with Crippen LogP contribution in [0.2, 0.25) is 5.02 Å². The number of rotatable bonds is 4. The van der Waals surface area contributed by atoms with Crippen molar-refractivity contribution in [3.63, 3.8) is 0 Å². The first kappa shape index (κ1) is 16.4. The molecule has 0 spiro atoms. The van der Waals surface area contributed by atoms with Crippen molar-refractivity contribution in [2.75, 3.05) is 5.75 Å². The number of benzene rings is 2. The lowest BCUT2D eigenvalue weighted by Crippen LogP contribution is -2.42. The van der Waals surface area contributed by atoms with Gasteiger partial charge >= 0.3 is 0 Å². The first-order valence-corrected chi connectivity index (χ1v) is 7.96. The molecule has 2 rings (SSSR count). The van der Waals surface area contributed by atoms with Crippen molar-refractivity contribution in [3.05, 3.63) is 64.7 Å². The van der Waals surface area contributed by atoms with E-state index in [0.717, 1.165) is 10.5 Å². The van der Waals surface area contributed by atoms with E-state index in [1.807, 2.05) is 31.2 Å². The van der Waals surface area contributed by atoms with E-state index in [-0.39, 0.29) is 17.6 Å².